The first kappa shape index (κ1) is 21.7. The maximum atomic E-state index is 12.8. The summed E-state index contributed by atoms with van der Waals surface area (Å²) >= 11 is 0. The van der Waals surface area contributed by atoms with E-state index in [9.17, 15) is 18.4 Å². The molecule has 0 bridgehead atoms. The number of methoxy groups -OCH3 is 1. The van der Waals surface area contributed by atoms with Crippen LogP contribution in [-0.2, 0) is 33.8 Å². The van der Waals surface area contributed by atoms with Gasteiger partial charge in [-0.3, -0.25) is 14.5 Å². The summed E-state index contributed by atoms with van der Waals surface area (Å²) in [5.74, 6) is -0.457. The lowest BCUT2D eigenvalue weighted by Crippen LogP contribution is -2.50. The minimum absolute atomic E-state index is 0.0654. The number of esters is 1. The average Bonchev–Trinajstić information content (AvgIpc) is 2.73. The van der Waals surface area contributed by atoms with Crippen molar-refractivity contribution < 1.29 is 27.8 Å². The van der Waals surface area contributed by atoms with Gasteiger partial charge in [0.15, 0.2) is 0 Å². The molecule has 8 heteroatoms. The van der Waals surface area contributed by atoms with E-state index in [-0.39, 0.29) is 24.2 Å². The molecule has 2 aromatic rings. The molecule has 1 aliphatic heterocycles. The van der Waals surface area contributed by atoms with E-state index < -0.39 is 12.7 Å². The van der Waals surface area contributed by atoms with Crippen LogP contribution in [0, 0.1) is 0 Å². The Bertz CT molecular complexity index is 889. The van der Waals surface area contributed by atoms with Gasteiger partial charge >= 0.3 is 12.6 Å². The molecule has 2 aromatic carbocycles. The standard InChI is InChI=1S/C22H24F2N2O4/c1-25(12-15-7-9-18(10-8-15)30-22(23)24)20(27)14-26-13-17-6-4-3-5-16(17)11-19(26)21(28)29-2/h3-10,19,22H,11-14H2,1-2H3. The Labute approximate surface area is 174 Å². The van der Waals surface area contributed by atoms with Gasteiger partial charge in [0.05, 0.1) is 13.7 Å². The van der Waals surface area contributed by atoms with Crippen molar-refractivity contribution in [2.24, 2.45) is 0 Å². The SMILES string of the molecule is COC(=O)C1Cc2ccccc2CN1CC(=O)N(C)Cc1ccc(OC(F)F)cc1. The van der Waals surface area contributed by atoms with Gasteiger partial charge in [-0.15, -0.1) is 0 Å². The number of hydrogen-bond donors (Lipinski definition) is 0. The summed E-state index contributed by atoms with van der Waals surface area (Å²) in [6, 6.07) is 13.5. The lowest BCUT2D eigenvalue weighted by atomic mass is 9.94. The highest BCUT2D eigenvalue weighted by molar-refractivity contribution is 5.81. The maximum Gasteiger partial charge on any atom is 0.387 e. The highest BCUT2D eigenvalue weighted by Crippen LogP contribution is 2.24. The van der Waals surface area contributed by atoms with Crippen molar-refractivity contribution >= 4 is 11.9 Å². The molecule has 3 rings (SSSR count). The molecule has 30 heavy (non-hydrogen) atoms. The topological polar surface area (TPSA) is 59.1 Å². The van der Waals surface area contributed by atoms with Gasteiger partial charge < -0.3 is 14.4 Å². The average molecular weight is 418 g/mol. The van der Waals surface area contributed by atoms with Gasteiger partial charge in [-0.25, -0.2) is 0 Å². The summed E-state index contributed by atoms with van der Waals surface area (Å²) in [6.07, 6.45) is 0.492. The largest absolute Gasteiger partial charge is 0.468 e. The number of benzene rings is 2. The number of ether oxygens (including phenoxy) is 2. The van der Waals surface area contributed by atoms with Gasteiger partial charge in [0.1, 0.15) is 11.8 Å². The number of amides is 1. The van der Waals surface area contributed by atoms with Crippen LogP contribution >= 0.6 is 0 Å². The molecule has 6 nitrogen and oxygen atoms in total. The predicted octanol–water partition coefficient (Wildman–Crippen LogP) is 2.85. The number of fused-ring (bicyclic) bond motifs is 1. The zero-order chi connectivity index (χ0) is 21.7. The molecule has 0 saturated heterocycles. The maximum absolute atomic E-state index is 12.8. The molecule has 1 unspecified atom stereocenters. The van der Waals surface area contributed by atoms with E-state index in [1.807, 2.05) is 29.2 Å². The molecule has 0 aromatic heterocycles. The fourth-order valence-electron chi connectivity index (χ4n) is 3.54. The van der Waals surface area contributed by atoms with Crippen molar-refractivity contribution in [2.45, 2.75) is 32.2 Å². The van der Waals surface area contributed by atoms with Crippen LogP contribution in [-0.4, -0.2) is 55.0 Å². The lowest BCUT2D eigenvalue weighted by molar-refractivity contribution is -0.149. The third-order valence-electron chi connectivity index (χ3n) is 5.15. The molecule has 0 N–H and O–H groups in total. The number of hydrogen-bond acceptors (Lipinski definition) is 5. The van der Waals surface area contributed by atoms with Crippen LogP contribution < -0.4 is 4.74 Å². The second-order valence-electron chi connectivity index (χ2n) is 7.19. The number of rotatable bonds is 7. The minimum atomic E-state index is -2.88. The van der Waals surface area contributed by atoms with E-state index >= 15 is 0 Å². The second kappa shape index (κ2) is 9.67. The van der Waals surface area contributed by atoms with Gasteiger partial charge in [-0.1, -0.05) is 36.4 Å². The summed E-state index contributed by atoms with van der Waals surface area (Å²) in [7, 11) is 3.01. The van der Waals surface area contributed by atoms with Crippen molar-refractivity contribution in [1.29, 1.82) is 0 Å². The number of carbonyl (C=O) groups excluding carboxylic acids is 2. The van der Waals surface area contributed by atoms with Gasteiger partial charge in [0, 0.05) is 20.1 Å². The normalized spacial score (nSPS) is 16.1. The lowest BCUT2D eigenvalue weighted by Gasteiger charge is -2.35. The van der Waals surface area contributed by atoms with Crippen LogP contribution in [0.5, 0.6) is 5.75 Å². The van der Waals surface area contributed by atoms with Crippen molar-refractivity contribution in [3.8, 4) is 5.75 Å². The monoisotopic (exact) mass is 418 g/mol. The number of halogens is 2. The molecule has 1 aliphatic rings. The molecule has 0 saturated carbocycles. The Balaban J connectivity index is 1.65. The van der Waals surface area contributed by atoms with Gasteiger partial charge in [0.25, 0.3) is 0 Å². The van der Waals surface area contributed by atoms with Crippen molar-refractivity contribution in [3.63, 3.8) is 0 Å². The van der Waals surface area contributed by atoms with Gasteiger partial charge in [-0.2, -0.15) is 8.78 Å². The Morgan fingerprint density at radius 1 is 1.13 bits per heavy atom. The fourth-order valence-corrected chi connectivity index (χ4v) is 3.54. The summed E-state index contributed by atoms with van der Waals surface area (Å²) in [4.78, 5) is 28.5. The van der Waals surface area contributed by atoms with E-state index in [1.54, 1.807) is 19.2 Å². The van der Waals surface area contributed by atoms with E-state index in [2.05, 4.69) is 4.74 Å². The van der Waals surface area contributed by atoms with E-state index in [0.29, 0.717) is 19.5 Å². The Morgan fingerprint density at radius 3 is 2.43 bits per heavy atom. The number of likely N-dealkylation sites (N-methyl/N-ethyl adjacent to an activating group) is 1. The zero-order valence-corrected chi connectivity index (χ0v) is 16.9. The third kappa shape index (κ3) is 5.33. The Hall–Kier alpha value is -3.00. The quantitative estimate of drug-likeness (QED) is 0.648. The summed E-state index contributed by atoms with van der Waals surface area (Å²) in [5, 5.41) is 0. The highest BCUT2D eigenvalue weighted by Gasteiger charge is 2.33. The van der Waals surface area contributed by atoms with E-state index in [0.717, 1.165) is 16.7 Å². The molecule has 0 fully saturated rings. The molecule has 1 heterocycles. The minimum Gasteiger partial charge on any atom is -0.468 e. The molecule has 0 aliphatic carbocycles. The zero-order valence-electron chi connectivity index (χ0n) is 16.9. The van der Waals surface area contributed by atoms with Crippen LogP contribution in [0.2, 0.25) is 0 Å². The molecular weight excluding hydrogens is 394 g/mol. The first-order valence-electron chi connectivity index (χ1n) is 9.53. The van der Waals surface area contributed by atoms with Gasteiger partial charge in [0.2, 0.25) is 5.91 Å². The second-order valence-corrected chi connectivity index (χ2v) is 7.19. The van der Waals surface area contributed by atoms with Crippen LogP contribution in [0.1, 0.15) is 16.7 Å². The summed E-state index contributed by atoms with van der Waals surface area (Å²) in [5.41, 5.74) is 2.94. The van der Waals surface area contributed by atoms with Crippen LogP contribution in [0.3, 0.4) is 0 Å². The first-order chi connectivity index (χ1) is 14.4. The third-order valence-corrected chi connectivity index (χ3v) is 5.15. The molecule has 1 amide bonds. The van der Waals surface area contributed by atoms with E-state index in [4.69, 9.17) is 4.74 Å². The highest BCUT2D eigenvalue weighted by atomic mass is 19.3. The Morgan fingerprint density at radius 2 is 1.80 bits per heavy atom. The Kier molecular flexibility index (Phi) is 6.99. The fraction of sp³-hybridized carbons (Fsp3) is 0.364. The van der Waals surface area contributed by atoms with Crippen molar-refractivity contribution in [1.82, 2.24) is 9.80 Å². The van der Waals surface area contributed by atoms with Crippen LogP contribution in [0.4, 0.5) is 8.78 Å². The summed E-state index contributed by atoms with van der Waals surface area (Å²) in [6.45, 7) is -2.02. The smallest absolute Gasteiger partial charge is 0.387 e. The molecule has 160 valence electrons. The number of alkyl halides is 2. The van der Waals surface area contributed by atoms with E-state index in [1.165, 1.54) is 24.1 Å². The van der Waals surface area contributed by atoms with Crippen molar-refractivity contribution in [2.75, 3.05) is 20.7 Å². The molecule has 1 atom stereocenters. The summed E-state index contributed by atoms with van der Waals surface area (Å²) < 4.78 is 33.8. The van der Waals surface area contributed by atoms with Crippen LogP contribution in [0.15, 0.2) is 48.5 Å². The molecule has 0 spiro atoms. The first-order valence-corrected chi connectivity index (χ1v) is 9.53. The molecule has 0 radical (unpaired) electrons. The number of carbonyl (C=O) groups is 2. The predicted molar refractivity (Wildman–Crippen MR) is 106 cm³/mol. The van der Waals surface area contributed by atoms with Crippen molar-refractivity contribution in [3.05, 3.63) is 65.2 Å². The van der Waals surface area contributed by atoms with Gasteiger partial charge in [-0.05, 0) is 35.2 Å². The number of nitrogens with zero attached hydrogens (tertiary/aromatic N) is 2. The molecular formula is C22H24F2N2O4. The van der Waals surface area contributed by atoms with Crippen LogP contribution in [0.25, 0.3) is 0 Å².